The van der Waals surface area contributed by atoms with Gasteiger partial charge in [-0.1, -0.05) is 12.2 Å². The van der Waals surface area contributed by atoms with Crippen molar-refractivity contribution in [3.63, 3.8) is 0 Å². The van der Waals surface area contributed by atoms with Crippen LogP contribution in [0.15, 0.2) is 24.3 Å². The van der Waals surface area contributed by atoms with E-state index < -0.39 is 4.92 Å². The van der Waals surface area contributed by atoms with E-state index in [0.29, 0.717) is 13.1 Å². The predicted molar refractivity (Wildman–Crippen MR) is 62.6 cm³/mol. The van der Waals surface area contributed by atoms with Gasteiger partial charge in [-0.2, -0.15) is 0 Å². The molecule has 0 radical (unpaired) electrons. The standard InChI is InChI=1S/C10H14N4O3/c1-13-8(4-5-9(13)14(16)17)10(15)12-7-3-2-6-11/h2-5H,6-7,11H2,1H3,(H,12,15)/b3-2+. The van der Waals surface area contributed by atoms with Gasteiger partial charge in [0.15, 0.2) is 5.69 Å². The lowest BCUT2D eigenvalue weighted by Crippen LogP contribution is -2.25. The van der Waals surface area contributed by atoms with Crippen molar-refractivity contribution in [3.8, 4) is 0 Å². The van der Waals surface area contributed by atoms with E-state index in [1.807, 2.05) is 0 Å². The fourth-order valence-corrected chi connectivity index (χ4v) is 1.33. The summed E-state index contributed by atoms with van der Waals surface area (Å²) in [6, 6.07) is 2.71. The van der Waals surface area contributed by atoms with Crippen molar-refractivity contribution < 1.29 is 9.72 Å². The summed E-state index contributed by atoms with van der Waals surface area (Å²) in [5, 5.41) is 13.2. The molecule has 1 rings (SSSR count). The summed E-state index contributed by atoms with van der Waals surface area (Å²) < 4.78 is 1.24. The molecule has 92 valence electrons. The Morgan fingerprint density at radius 1 is 1.59 bits per heavy atom. The Bertz CT molecular complexity index is 450. The molecule has 0 aromatic carbocycles. The Hall–Kier alpha value is -2.15. The Morgan fingerprint density at radius 2 is 2.29 bits per heavy atom. The van der Waals surface area contributed by atoms with Gasteiger partial charge >= 0.3 is 5.82 Å². The molecule has 0 fully saturated rings. The van der Waals surface area contributed by atoms with Gasteiger partial charge in [0.1, 0.15) is 0 Å². The zero-order chi connectivity index (χ0) is 12.8. The van der Waals surface area contributed by atoms with E-state index in [-0.39, 0.29) is 17.4 Å². The van der Waals surface area contributed by atoms with Crippen molar-refractivity contribution in [1.29, 1.82) is 0 Å². The fraction of sp³-hybridized carbons (Fsp3) is 0.300. The Balaban J connectivity index is 2.70. The minimum atomic E-state index is -0.537. The van der Waals surface area contributed by atoms with Crippen LogP contribution in [0.3, 0.4) is 0 Å². The SMILES string of the molecule is Cn1c(C(=O)NC/C=C/CN)ccc1[N+](=O)[O-]. The zero-order valence-corrected chi connectivity index (χ0v) is 9.42. The third kappa shape index (κ3) is 3.15. The van der Waals surface area contributed by atoms with Crippen molar-refractivity contribution in [2.45, 2.75) is 0 Å². The molecule has 3 N–H and O–H groups in total. The first-order valence-electron chi connectivity index (χ1n) is 5.01. The van der Waals surface area contributed by atoms with Gasteiger partial charge in [0.05, 0.1) is 7.05 Å². The van der Waals surface area contributed by atoms with E-state index >= 15 is 0 Å². The Labute approximate surface area is 98.1 Å². The summed E-state index contributed by atoms with van der Waals surface area (Å²) in [6.07, 6.45) is 3.43. The number of carbonyl (C=O) groups is 1. The smallest absolute Gasteiger partial charge is 0.323 e. The predicted octanol–water partition coefficient (Wildman–Crippen LogP) is 0.178. The largest absolute Gasteiger partial charge is 0.358 e. The molecule has 0 saturated carbocycles. The van der Waals surface area contributed by atoms with E-state index in [4.69, 9.17) is 5.73 Å². The number of amides is 1. The van der Waals surface area contributed by atoms with E-state index in [0.717, 1.165) is 0 Å². The second kappa shape index (κ2) is 5.80. The van der Waals surface area contributed by atoms with Crippen LogP contribution < -0.4 is 11.1 Å². The summed E-state index contributed by atoms with van der Waals surface area (Å²) in [6.45, 7) is 0.751. The van der Waals surface area contributed by atoms with Crippen LogP contribution >= 0.6 is 0 Å². The zero-order valence-electron chi connectivity index (χ0n) is 9.42. The monoisotopic (exact) mass is 238 g/mol. The van der Waals surface area contributed by atoms with Gasteiger partial charge in [0.2, 0.25) is 0 Å². The lowest BCUT2D eigenvalue weighted by Gasteiger charge is -2.01. The van der Waals surface area contributed by atoms with Crippen molar-refractivity contribution in [1.82, 2.24) is 9.88 Å². The van der Waals surface area contributed by atoms with Gasteiger partial charge in [-0.05, 0) is 11.0 Å². The molecule has 0 spiro atoms. The highest BCUT2D eigenvalue weighted by atomic mass is 16.6. The molecule has 0 atom stereocenters. The maximum atomic E-state index is 11.6. The molecule has 1 amide bonds. The minimum Gasteiger partial charge on any atom is -0.358 e. The van der Waals surface area contributed by atoms with Crippen LogP contribution in [0.4, 0.5) is 5.82 Å². The highest BCUT2D eigenvalue weighted by molar-refractivity contribution is 5.93. The van der Waals surface area contributed by atoms with E-state index in [1.54, 1.807) is 12.2 Å². The third-order valence-electron chi connectivity index (χ3n) is 2.20. The molecule has 7 nitrogen and oxygen atoms in total. The van der Waals surface area contributed by atoms with Crippen LogP contribution in [0.25, 0.3) is 0 Å². The number of aromatic nitrogens is 1. The number of nitrogens with two attached hydrogens (primary N) is 1. The lowest BCUT2D eigenvalue weighted by molar-refractivity contribution is -0.391. The average molecular weight is 238 g/mol. The van der Waals surface area contributed by atoms with Crippen LogP contribution in [0.1, 0.15) is 10.5 Å². The molecule has 0 unspecified atom stereocenters. The molecule has 7 heteroatoms. The number of nitro groups is 1. The van der Waals surface area contributed by atoms with Crippen molar-refractivity contribution in [2.75, 3.05) is 13.1 Å². The first-order valence-corrected chi connectivity index (χ1v) is 5.01. The number of nitrogens with zero attached hydrogens (tertiary/aromatic N) is 2. The second-order valence-electron chi connectivity index (χ2n) is 3.31. The Kier molecular flexibility index (Phi) is 4.41. The highest BCUT2D eigenvalue weighted by Crippen LogP contribution is 2.14. The molecule has 0 saturated heterocycles. The molecule has 0 aliphatic carbocycles. The maximum absolute atomic E-state index is 11.6. The normalized spacial score (nSPS) is 10.7. The molecule has 1 aromatic heterocycles. The molecule has 0 aliphatic rings. The molecule has 0 aliphatic heterocycles. The fourth-order valence-electron chi connectivity index (χ4n) is 1.33. The first kappa shape index (κ1) is 12.9. The van der Waals surface area contributed by atoms with Gasteiger partial charge in [0.25, 0.3) is 5.91 Å². The molecule has 1 aromatic rings. The number of hydrogen-bond acceptors (Lipinski definition) is 4. The molecule has 0 bridgehead atoms. The molecular weight excluding hydrogens is 224 g/mol. The van der Waals surface area contributed by atoms with Crippen LogP contribution in [-0.4, -0.2) is 28.5 Å². The summed E-state index contributed by atoms with van der Waals surface area (Å²) in [5.74, 6) is -0.477. The van der Waals surface area contributed by atoms with Crippen molar-refractivity contribution in [3.05, 3.63) is 40.1 Å². The van der Waals surface area contributed by atoms with Crippen LogP contribution in [0.5, 0.6) is 0 Å². The topological polar surface area (TPSA) is 103 Å². The number of carbonyl (C=O) groups excluding carboxylic acids is 1. The van der Waals surface area contributed by atoms with Crippen LogP contribution in [-0.2, 0) is 7.05 Å². The first-order chi connectivity index (χ1) is 8.07. The van der Waals surface area contributed by atoms with Gasteiger partial charge in [-0.25, -0.2) is 4.57 Å². The second-order valence-corrected chi connectivity index (χ2v) is 3.31. The number of nitrogens with one attached hydrogen (secondary N) is 1. The summed E-state index contributed by atoms with van der Waals surface area (Å²) >= 11 is 0. The van der Waals surface area contributed by atoms with E-state index in [1.165, 1.54) is 23.7 Å². The van der Waals surface area contributed by atoms with Gasteiger partial charge in [0, 0.05) is 19.2 Å². The molecule has 17 heavy (non-hydrogen) atoms. The average Bonchev–Trinajstić information content (AvgIpc) is 2.66. The van der Waals surface area contributed by atoms with E-state index in [9.17, 15) is 14.9 Å². The van der Waals surface area contributed by atoms with Crippen molar-refractivity contribution in [2.24, 2.45) is 12.8 Å². The summed E-state index contributed by atoms with van der Waals surface area (Å²) in [4.78, 5) is 21.7. The van der Waals surface area contributed by atoms with Gasteiger partial charge in [-0.3, -0.25) is 4.79 Å². The summed E-state index contributed by atoms with van der Waals surface area (Å²) in [7, 11) is 1.47. The highest BCUT2D eigenvalue weighted by Gasteiger charge is 2.19. The maximum Gasteiger partial charge on any atom is 0.323 e. The lowest BCUT2D eigenvalue weighted by atomic mass is 10.4. The minimum absolute atomic E-state index is 0.118. The van der Waals surface area contributed by atoms with Crippen LogP contribution in [0, 0.1) is 10.1 Å². The quantitative estimate of drug-likeness (QED) is 0.433. The van der Waals surface area contributed by atoms with Crippen LogP contribution in [0.2, 0.25) is 0 Å². The van der Waals surface area contributed by atoms with Crippen molar-refractivity contribution >= 4 is 11.7 Å². The number of hydrogen-bond donors (Lipinski definition) is 2. The van der Waals surface area contributed by atoms with Gasteiger partial charge in [-0.15, -0.1) is 0 Å². The third-order valence-corrected chi connectivity index (χ3v) is 2.20. The Morgan fingerprint density at radius 3 is 2.82 bits per heavy atom. The number of rotatable bonds is 5. The van der Waals surface area contributed by atoms with E-state index in [2.05, 4.69) is 5.32 Å². The molecule has 1 heterocycles. The summed E-state index contributed by atoms with van der Waals surface area (Å²) in [5.41, 5.74) is 5.49. The molecular formula is C10H14N4O3. The van der Waals surface area contributed by atoms with Gasteiger partial charge < -0.3 is 21.2 Å².